The number of benzene rings is 1. The lowest BCUT2D eigenvalue weighted by Crippen LogP contribution is -2.41. The Kier molecular flexibility index (Phi) is 7.93. The van der Waals surface area contributed by atoms with Crippen LogP contribution in [0.25, 0.3) is 27.8 Å². The molecule has 1 aliphatic carbocycles. The van der Waals surface area contributed by atoms with Gasteiger partial charge in [-0.3, -0.25) is 23.1 Å². The van der Waals surface area contributed by atoms with Gasteiger partial charge < -0.3 is 19.6 Å². The van der Waals surface area contributed by atoms with Crippen molar-refractivity contribution in [3.8, 4) is 11.3 Å². The van der Waals surface area contributed by atoms with Crippen LogP contribution in [0.1, 0.15) is 36.4 Å². The van der Waals surface area contributed by atoms with E-state index in [0.29, 0.717) is 37.8 Å². The number of rotatable bonds is 11. The summed E-state index contributed by atoms with van der Waals surface area (Å²) in [4.78, 5) is 67.3. The molecule has 4 aromatic heterocycles. The molecule has 6 rings (SSSR count). The van der Waals surface area contributed by atoms with E-state index >= 15 is 0 Å². The molecule has 0 amide bonds. The number of phosphoric acid groups is 2. The molecule has 1 saturated carbocycles. The second-order valence-corrected chi connectivity index (χ2v) is 13.3. The van der Waals surface area contributed by atoms with E-state index in [4.69, 9.17) is 19.6 Å². The molecule has 21 heteroatoms. The van der Waals surface area contributed by atoms with E-state index in [-0.39, 0.29) is 23.1 Å². The smallest absolute Gasteiger partial charge is 0.303 e. The third-order valence-electron chi connectivity index (χ3n) is 7.31. The van der Waals surface area contributed by atoms with Crippen molar-refractivity contribution >= 4 is 32.2 Å². The van der Waals surface area contributed by atoms with Crippen molar-refractivity contribution in [2.45, 2.75) is 51.1 Å². The zero-order chi connectivity index (χ0) is 33.2. The lowest BCUT2D eigenvalue weighted by Gasteiger charge is -2.15. The summed E-state index contributed by atoms with van der Waals surface area (Å²) in [5, 5.41) is 9.12. The van der Waals surface area contributed by atoms with Crippen molar-refractivity contribution in [2.75, 3.05) is 0 Å². The Morgan fingerprint density at radius 1 is 1.00 bits per heavy atom. The summed E-state index contributed by atoms with van der Waals surface area (Å²) in [6.45, 7) is -2.00. The molecule has 4 heterocycles. The van der Waals surface area contributed by atoms with Gasteiger partial charge in [-0.05, 0) is 30.0 Å². The van der Waals surface area contributed by atoms with E-state index in [1.54, 1.807) is 22.7 Å². The normalized spacial score (nSPS) is 17.3. The lowest BCUT2D eigenvalue weighted by atomic mass is 10.1. The van der Waals surface area contributed by atoms with Crippen LogP contribution in [-0.4, -0.2) is 59.0 Å². The second kappa shape index (κ2) is 11.4. The molecule has 5 aromatic rings. The van der Waals surface area contributed by atoms with Crippen molar-refractivity contribution in [2.24, 2.45) is 0 Å². The van der Waals surface area contributed by atoms with Gasteiger partial charge in [0.25, 0.3) is 11.5 Å². The number of nitrogens with zero attached hydrogens (tertiary/aromatic N) is 7. The number of halogens is 2. The molecule has 1 fully saturated rings. The minimum atomic E-state index is -5.15. The van der Waals surface area contributed by atoms with Gasteiger partial charge in [0.1, 0.15) is 20.0 Å². The largest absolute Gasteiger partial charge is 0.471 e. The second-order valence-electron chi connectivity index (χ2n) is 10.8. The molecule has 46 heavy (non-hydrogen) atoms. The van der Waals surface area contributed by atoms with E-state index in [9.17, 15) is 27.5 Å². The average Bonchev–Trinajstić information content (AvgIpc) is 3.43. The predicted molar refractivity (Wildman–Crippen MR) is 154 cm³/mol. The fraction of sp³-hybridized carbons (Fsp3) is 0.320. The van der Waals surface area contributed by atoms with E-state index in [1.807, 2.05) is 6.07 Å². The summed E-state index contributed by atoms with van der Waals surface area (Å²) in [5.41, 5.74) is -0.266. The molecule has 17 nitrogen and oxygen atoms in total. The fourth-order valence-corrected chi connectivity index (χ4v) is 5.78. The van der Waals surface area contributed by atoms with Gasteiger partial charge in [-0.2, -0.15) is 10.2 Å². The van der Waals surface area contributed by atoms with E-state index in [0.717, 1.165) is 18.7 Å². The third kappa shape index (κ3) is 6.77. The van der Waals surface area contributed by atoms with Gasteiger partial charge in [-0.1, -0.05) is 12.1 Å². The number of phosphoric ester groups is 2. The van der Waals surface area contributed by atoms with Gasteiger partial charge in [-0.15, -0.1) is 0 Å². The van der Waals surface area contributed by atoms with Crippen molar-refractivity contribution in [3.05, 3.63) is 81.0 Å². The topological polar surface area (TPSA) is 226 Å². The highest BCUT2D eigenvalue weighted by Gasteiger charge is 2.42. The number of hydrogen-bond acceptors (Lipinski definition) is 9. The van der Waals surface area contributed by atoms with E-state index in [1.165, 1.54) is 23.1 Å². The number of fused-ring (bicyclic) bond motifs is 2. The van der Waals surface area contributed by atoms with Gasteiger partial charge >= 0.3 is 21.3 Å². The Morgan fingerprint density at radius 3 is 2.41 bits per heavy atom. The first-order valence-electron chi connectivity index (χ1n) is 13.4. The summed E-state index contributed by atoms with van der Waals surface area (Å²) in [6.07, 6.45) is 4.57. The third-order valence-corrected chi connectivity index (χ3v) is 8.22. The highest BCUT2D eigenvalue weighted by atomic mass is 31.2. The van der Waals surface area contributed by atoms with E-state index in [2.05, 4.69) is 24.2 Å². The molecule has 0 unspecified atom stereocenters. The Labute approximate surface area is 255 Å². The molecule has 4 N–H and O–H groups in total. The average molecular weight is 683 g/mol. The highest BCUT2D eigenvalue weighted by molar-refractivity contribution is 7.46. The molecule has 0 bridgehead atoms. The minimum Gasteiger partial charge on any atom is -0.303 e. The molecule has 1 aromatic carbocycles. The van der Waals surface area contributed by atoms with Crippen LogP contribution in [0.5, 0.6) is 0 Å². The van der Waals surface area contributed by atoms with Crippen molar-refractivity contribution in [1.82, 2.24) is 33.5 Å². The van der Waals surface area contributed by atoms with Crippen LogP contribution in [-0.2, 0) is 38.2 Å². The molecule has 0 aliphatic heterocycles. The van der Waals surface area contributed by atoms with Gasteiger partial charge in [0, 0.05) is 30.5 Å². The van der Waals surface area contributed by atoms with Crippen LogP contribution in [0.2, 0.25) is 0 Å². The van der Waals surface area contributed by atoms with Crippen LogP contribution < -0.4 is 11.2 Å². The molecule has 0 radical (unpaired) electrons. The zero-order valence-corrected chi connectivity index (χ0v) is 25.4. The zero-order valence-electron chi connectivity index (χ0n) is 23.6. The highest BCUT2D eigenvalue weighted by Crippen LogP contribution is 2.55. The maximum absolute atomic E-state index is 13.8. The molecule has 2 atom stereocenters. The first-order valence-corrected chi connectivity index (χ1v) is 16.5. The van der Waals surface area contributed by atoms with Crippen LogP contribution in [0.4, 0.5) is 8.78 Å². The summed E-state index contributed by atoms with van der Waals surface area (Å²) < 4.78 is 62.6. The number of alkyl halides is 2. The molecule has 0 saturated heterocycles. The molecular formula is C25H25F2N7O10P2. The molecule has 1 aliphatic rings. The van der Waals surface area contributed by atoms with E-state index < -0.39 is 52.8 Å². The maximum atomic E-state index is 13.8. The van der Waals surface area contributed by atoms with Crippen LogP contribution in [0.15, 0.2) is 58.5 Å². The quantitative estimate of drug-likeness (QED) is 0.147. The standard InChI is InChI=1S/C25H25F2N7O10P2/c1-25(26,27)11-33-20-6-14(2-3-15(20)9-29-33)16-7-17(16)21-8-19(30-22-4-5-28-34(21)22)18-10-31(12-43-45(37,38)39)24(36)32(23(18)35)13-44-46(40,41)42/h2-6,8-10,16-17H,7,11-13H2,1H3,(H2,37,38,39)(H2,40,41,42)/t16-,17+/m1/s1. The maximum Gasteiger partial charge on any atom is 0.471 e. The summed E-state index contributed by atoms with van der Waals surface area (Å²) in [6, 6.07) is 8.57. The Hall–Kier alpha value is -3.93. The van der Waals surface area contributed by atoms with Crippen molar-refractivity contribution < 1.29 is 46.5 Å². The van der Waals surface area contributed by atoms with Crippen LogP contribution >= 0.6 is 15.6 Å². The Bertz CT molecular complexity index is 2200. The molecule has 0 spiro atoms. The van der Waals surface area contributed by atoms with Gasteiger partial charge in [-0.25, -0.2) is 36.8 Å². The number of aromatic nitrogens is 7. The Morgan fingerprint density at radius 2 is 1.72 bits per heavy atom. The summed E-state index contributed by atoms with van der Waals surface area (Å²) in [5.74, 6) is -3.22. The summed E-state index contributed by atoms with van der Waals surface area (Å²) >= 11 is 0. The van der Waals surface area contributed by atoms with Crippen molar-refractivity contribution in [3.63, 3.8) is 0 Å². The SMILES string of the molecule is CC(F)(F)Cn1ncc2ccc([C@H]3C[C@@H]3c3cc(-c4cn(COP(=O)(O)O)c(=O)n(COP(=O)(O)O)c4=O)nc4ccnn34)cc21. The molecular weight excluding hydrogens is 658 g/mol. The van der Waals surface area contributed by atoms with Crippen LogP contribution in [0, 0.1) is 0 Å². The summed E-state index contributed by atoms with van der Waals surface area (Å²) in [7, 11) is -10.2. The first kappa shape index (κ1) is 32.0. The first-order chi connectivity index (χ1) is 21.5. The molecule has 244 valence electrons. The number of hydrogen-bond donors (Lipinski definition) is 4. The fourth-order valence-electron chi connectivity index (χ4n) is 5.24. The van der Waals surface area contributed by atoms with Gasteiger partial charge in [0.2, 0.25) is 0 Å². The van der Waals surface area contributed by atoms with Gasteiger partial charge in [0.15, 0.2) is 5.65 Å². The lowest BCUT2D eigenvalue weighted by molar-refractivity contribution is 0.00180. The Balaban J connectivity index is 1.41. The van der Waals surface area contributed by atoms with Crippen LogP contribution in [0.3, 0.4) is 0 Å². The monoisotopic (exact) mass is 683 g/mol. The minimum absolute atomic E-state index is 0.00668. The predicted octanol–water partition coefficient (Wildman–Crippen LogP) is 2.13. The van der Waals surface area contributed by atoms with Gasteiger partial charge in [0.05, 0.1) is 34.9 Å². The van der Waals surface area contributed by atoms with Crippen molar-refractivity contribution in [1.29, 1.82) is 0 Å².